The minimum absolute atomic E-state index is 0. The molecule has 0 radical (unpaired) electrons. The normalized spacial score (nSPS) is 18.3. The Morgan fingerprint density at radius 1 is 1.29 bits per heavy atom. The molecular formula is C15H24Cl3FN2. The Kier molecular flexibility index (Phi) is 9.83. The molecule has 1 fully saturated rings. The van der Waals surface area contributed by atoms with E-state index >= 15 is 0 Å². The van der Waals surface area contributed by atoms with Crippen LogP contribution in [0.25, 0.3) is 0 Å². The van der Waals surface area contributed by atoms with Crippen LogP contribution in [0.3, 0.4) is 0 Å². The summed E-state index contributed by atoms with van der Waals surface area (Å²) < 4.78 is 14.2. The highest BCUT2D eigenvalue weighted by molar-refractivity contribution is 6.31. The third kappa shape index (κ3) is 4.97. The Labute approximate surface area is 144 Å². The second-order valence-electron chi connectivity index (χ2n) is 5.25. The Morgan fingerprint density at radius 3 is 2.43 bits per heavy atom. The average molecular weight is 358 g/mol. The van der Waals surface area contributed by atoms with E-state index in [1.54, 1.807) is 12.1 Å². The van der Waals surface area contributed by atoms with Crippen LogP contribution in [-0.2, 0) is 0 Å². The molecule has 1 unspecified atom stereocenters. The van der Waals surface area contributed by atoms with Crippen LogP contribution in [0, 0.1) is 11.7 Å². The highest BCUT2D eigenvalue weighted by Crippen LogP contribution is 2.36. The van der Waals surface area contributed by atoms with E-state index in [0.717, 1.165) is 32.6 Å². The van der Waals surface area contributed by atoms with Gasteiger partial charge in [-0.2, -0.15) is 0 Å². The Hall–Kier alpha value is -0.0600. The fourth-order valence-electron chi connectivity index (χ4n) is 2.80. The first-order chi connectivity index (χ1) is 9.15. The molecule has 1 aromatic rings. The summed E-state index contributed by atoms with van der Waals surface area (Å²) in [5.74, 6) is 0.198. The van der Waals surface area contributed by atoms with E-state index in [9.17, 15) is 4.39 Å². The van der Waals surface area contributed by atoms with Crippen molar-refractivity contribution >= 4 is 36.4 Å². The number of hydrogen-bond donors (Lipinski definition) is 1. The minimum atomic E-state index is -0.184. The minimum Gasteiger partial charge on any atom is -0.314 e. The Morgan fingerprint density at radius 2 is 1.90 bits per heavy atom. The summed E-state index contributed by atoms with van der Waals surface area (Å²) in [5.41, 5.74) is 0.667. The molecule has 2 rings (SSSR count). The number of piperazine rings is 1. The average Bonchev–Trinajstić information content (AvgIpc) is 2.43. The Bertz CT molecular complexity index is 405. The van der Waals surface area contributed by atoms with E-state index in [0.29, 0.717) is 16.5 Å². The van der Waals surface area contributed by atoms with Crippen LogP contribution in [-0.4, -0.2) is 31.1 Å². The maximum atomic E-state index is 14.2. The molecule has 0 amide bonds. The molecule has 2 nitrogen and oxygen atoms in total. The zero-order chi connectivity index (χ0) is 13.8. The van der Waals surface area contributed by atoms with Crippen molar-refractivity contribution in [3.63, 3.8) is 0 Å². The van der Waals surface area contributed by atoms with Crippen LogP contribution in [0.4, 0.5) is 4.39 Å². The van der Waals surface area contributed by atoms with Gasteiger partial charge in [0.1, 0.15) is 5.82 Å². The molecule has 0 aliphatic carbocycles. The van der Waals surface area contributed by atoms with Gasteiger partial charge < -0.3 is 5.32 Å². The van der Waals surface area contributed by atoms with Crippen LogP contribution >= 0.6 is 36.4 Å². The van der Waals surface area contributed by atoms with Gasteiger partial charge in [-0.25, -0.2) is 4.39 Å². The zero-order valence-electron chi connectivity index (χ0n) is 12.4. The summed E-state index contributed by atoms with van der Waals surface area (Å²) in [7, 11) is 0. The van der Waals surface area contributed by atoms with Crippen LogP contribution < -0.4 is 5.32 Å². The molecule has 0 saturated carbocycles. The standard InChI is InChI=1S/C15H22ClFN2.2ClH/c1-3-11(2)15(19-9-7-18-8-10-19)14-12(16)5-4-6-13(14)17;;/h4-6,11,15,18H,3,7-10H2,1-2H3;2*1H/t11?,15-;;/m0../s1. The predicted molar refractivity (Wildman–Crippen MR) is 92.5 cm³/mol. The SMILES string of the molecule is CCC(C)[C@@H](c1c(F)cccc1Cl)N1CCNCC1.Cl.Cl. The van der Waals surface area contributed by atoms with Gasteiger partial charge in [0.25, 0.3) is 0 Å². The molecule has 0 spiro atoms. The number of nitrogens with one attached hydrogen (secondary N) is 1. The van der Waals surface area contributed by atoms with E-state index in [4.69, 9.17) is 11.6 Å². The fourth-order valence-corrected chi connectivity index (χ4v) is 3.08. The van der Waals surface area contributed by atoms with Crippen LogP contribution in [0.15, 0.2) is 18.2 Å². The molecular weight excluding hydrogens is 334 g/mol. The van der Waals surface area contributed by atoms with Crippen LogP contribution in [0.2, 0.25) is 5.02 Å². The van der Waals surface area contributed by atoms with E-state index in [-0.39, 0.29) is 36.7 Å². The van der Waals surface area contributed by atoms with Crippen molar-refractivity contribution in [1.29, 1.82) is 0 Å². The monoisotopic (exact) mass is 356 g/mol. The molecule has 2 atom stereocenters. The quantitative estimate of drug-likeness (QED) is 0.863. The molecule has 1 aromatic carbocycles. The first-order valence-corrected chi connectivity index (χ1v) is 7.41. The highest BCUT2D eigenvalue weighted by atomic mass is 35.5. The maximum absolute atomic E-state index is 14.2. The first kappa shape index (κ1) is 20.9. The summed E-state index contributed by atoms with van der Waals surface area (Å²) in [5, 5.41) is 3.88. The number of rotatable bonds is 4. The molecule has 21 heavy (non-hydrogen) atoms. The van der Waals surface area contributed by atoms with Gasteiger partial charge in [0, 0.05) is 42.8 Å². The molecule has 1 N–H and O–H groups in total. The molecule has 1 aliphatic rings. The lowest BCUT2D eigenvalue weighted by Crippen LogP contribution is -2.46. The highest BCUT2D eigenvalue weighted by Gasteiger charge is 2.30. The predicted octanol–water partition coefficient (Wildman–Crippen LogP) is 4.32. The fraction of sp³-hybridized carbons (Fsp3) is 0.600. The summed E-state index contributed by atoms with van der Waals surface area (Å²) in [6.07, 6.45) is 1.01. The summed E-state index contributed by atoms with van der Waals surface area (Å²) in [6.45, 7) is 8.13. The van der Waals surface area contributed by atoms with Crippen molar-refractivity contribution in [2.75, 3.05) is 26.2 Å². The molecule has 0 aromatic heterocycles. The van der Waals surface area contributed by atoms with Gasteiger partial charge in [-0.05, 0) is 18.1 Å². The van der Waals surface area contributed by atoms with E-state index in [1.165, 1.54) is 6.07 Å². The van der Waals surface area contributed by atoms with Crippen LogP contribution in [0.1, 0.15) is 31.9 Å². The zero-order valence-corrected chi connectivity index (χ0v) is 14.8. The molecule has 1 saturated heterocycles. The summed E-state index contributed by atoms with van der Waals surface area (Å²) in [6, 6.07) is 5.05. The third-order valence-electron chi connectivity index (χ3n) is 4.02. The molecule has 1 aliphatic heterocycles. The lowest BCUT2D eigenvalue weighted by molar-refractivity contribution is 0.125. The van der Waals surface area contributed by atoms with Gasteiger partial charge in [-0.1, -0.05) is 37.9 Å². The van der Waals surface area contributed by atoms with E-state index < -0.39 is 0 Å². The largest absolute Gasteiger partial charge is 0.314 e. The van der Waals surface area contributed by atoms with Crippen molar-refractivity contribution in [1.82, 2.24) is 10.2 Å². The van der Waals surface area contributed by atoms with E-state index in [1.807, 2.05) is 0 Å². The van der Waals surface area contributed by atoms with Crippen molar-refractivity contribution in [2.45, 2.75) is 26.3 Å². The second kappa shape index (κ2) is 9.86. The van der Waals surface area contributed by atoms with Gasteiger partial charge in [0.05, 0.1) is 0 Å². The van der Waals surface area contributed by atoms with Gasteiger partial charge in [-0.3, -0.25) is 4.90 Å². The van der Waals surface area contributed by atoms with Gasteiger partial charge in [0.2, 0.25) is 0 Å². The lowest BCUT2D eigenvalue weighted by atomic mass is 9.90. The van der Waals surface area contributed by atoms with Gasteiger partial charge >= 0.3 is 0 Å². The topological polar surface area (TPSA) is 15.3 Å². The van der Waals surface area contributed by atoms with Crippen molar-refractivity contribution < 1.29 is 4.39 Å². The van der Waals surface area contributed by atoms with Gasteiger partial charge in [-0.15, -0.1) is 24.8 Å². The molecule has 122 valence electrons. The van der Waals surface area contributed by atoms with Crippen molar-refractivity contribution in [3.05, 3.63) is 34.6 Å². The molecule has 6 heteroatoms. The molecule has 1 heterocycles. The molecule has 0 bridgehead atoms. The smallest absolute Gasteiger partial charge is 0.129 e. The summed E-state index contributed by atoms with van der Waals surface area (Å²) >= 11 is 6.26. The second-order valence-corrected chi connectivity index (χ2v) is 5.66. The van der Waals surface area contributed by atoms with Crippen molar-refractivity contribution in [2.24, 2.45) is 5.92 Å². The summed E-state index contributed by atoms with van der Waals surface area (Å²) in [4.78, 5) is 2.36. The first-order valence-electron chi connectivity index (χ1n) is 7.03. The van der Waals surface area contributed by atoms with E-state index in [2.05, 4.69) is 24.1 Å². The number of halogens is 4. The van der Waals surface area contributed by atoms with Gasteiger partial charge in [0.15, 0.2) is 0 Å². The van der Waals surface area contributed by atoms with Crippen molar-refractivity contribution in [3.8, 4) is 0 Å². The lowest BCUT2D eigenvalue weighted by Gasteiger charge is -2.38. The van der Waals surface area contributed by atoms with Crippen LogP contribution in [0.5, 0.6) is 0 Å². The number of hydrogen-bond acceptors (Lipinski definition) is 2. The Balaban J connectivity index is 0.00000200. The third-order valence-corrected chi connectivity index (χ3v) is 4.35. The number of benzene rings is 1. The maximum Gasteiger partial charge on any atom is 0.129 e. The number of nitrogens with zero attached hydrogens (tertiary/aromatic N) is 1.